The van der Waals surface area contributed by atoms with Gasteiger partial charge in [0.25, 0.3) is 0 Å². The molecule has 5 amide bonds. The first-order valence-corrected chi connectivity index (χ1v) is 29.3. The first kappa shape index (κ1) is 80.7. The molecule has 86 heavy (non-hydrogen) atoms. The molecule has 6 fully saturated rings. The number of carbonyl (C=O) groups is 9. The van der Waals surface area contributed by atoms with Gasteiger partial charge < -0.3 is 85.0 Å². The molecule has 0 aromatic heterocycles. The first-order chi connectivity index (χ1) is 38.8. The Morgan fingerprint density at radius 3 is 1.07 bits per heavy atom. The molecule has 0 spiro atoms. The van der Waals surface area contributed by atoms with Crippen LogP contribution in [0.5, 0.6) is 0 Å². The van der Waals surface area contributed by atoms with Crippen LogP contribution in [-0.4, -0.2) is 209 Å². The van der Waals surface area contributed by atoms with Crippen molar-refractivity contribution in [3.63, 3.8) is 0 Å². The number of hydrogen-bond acceptors (Lipinski definition) is 19. The van der Waals surface area contributed by atoms with E-state index in [-0.39, 0.29) is 81.7 Å². The minimum absolute atomic E-state index is 0. The van der Waals surface area contributed by atoms with Crippen LogP contribution in [0.15, 0.2) is 0 Å². The Morgan fingerprint density at radius 1 is 0.488 bits per heavy atom. The van der Waals surface area contributed by atoms with Crippen molar-refractivity contribution in [3.05, 3.63) is 0 Å². The van der Waals surface area contributed by atoms with Crippen LogP contribution >= 0.6 is 12.4 Å². The number of carbonyl (C=O) groups excluding carboxylic acids is 7. The summed E-state index contributed by atoms with van der Waals surface area (Å²) in [7, 11) is 4.29. The summed E-state index contributed by atoms with van der Waals surface area (Å²) in [5.74, 6) is -4.01. The number of nitrogens with one attached hydrogen (secondary N) is 4. The van der Waals surface area contributed by atoms with Crippen molar-refractivity contribution >= 4 is 66.4 Å². The van der Waals surface area contributed by atoms with E-state index in [0.717, 1.165) is 81.9 Å². The highest BCUT2D eigenvalue weighted by atomic mass is 35.5. The summed E-state index contributed by atoms with van der Waals surface area (Å²) < 4.78 is 30.1. The maximum Gasteiger partial charge on any atom is 0.408 e. The minimum atomic E-state index is -1.16. The van der Waals surface area contributed by atoms with Crippen LogP contribution in [0.2, 0.25) is 0 Å². The second kappa shape index (κ2) is 36.9. The summed E-state index contributed by atoms with van der Waals surface area (Å²) >= 11 is 0. The normalized spacial score (nSPS) is 23.3. The number of aliphatic hydroxyl groups excluding tert-OH is 3. The summed E-state index contributed by atoms with van der Waals surface area (Å²) in [6.45, 7) is 22.7. The van der Waals surface area contributed by atoms with Crippen molar-refractivity contribution in [1.29, 1.82) is 0 Å². The predicted molar refractivity (Wildman–Crippen MR) is 320 cm³/mol. The number of likely N-dealkylation sites (tertiary alicyclic amines) is 2. The van der Waals surface area contributed by atoms with Gasteiger partial charge in [0.15, 0.2) is 0 Å². The van der Waals surface area contributed by atoms with Crippen molar-refractivity contribution in [2.24, 2.45) is 16.2 Å². The molecule has 500 valence electrons. The van der Waals surface area contributed by atoms with Crippen LogP contribution in [0.3, 0.4) is 0 Å². The maximum absolute atomic E-state index is 13.1. The van der Waals surface area contributed by atoms with E-state index >= 15 is 0 Å². The molecule has 3 aliphatic carbocycles. The number of hydrogen-bond donors (Lipinski definition) is 9. The van der Waals surface area contributed by atoms with Crippen LogP contribution < -0.4 is 21.3 Å². The number of β-amino-alcohol motifs (C(OH)–C–C–N with tert-alkyl or cyclic N) is 3. The van der Waals surface area contributed by atoms with E-state index in [0.29, 0.717) is 13.0 Å². The van der Waals surface area contributed by atoms with Crippen LogP contribution in [-0.2, 0) is 57.2 Å². The quantitative estimate of drug-likeness (QED) is 0.0817. The van der Waals surface area contributed by atoms with Crippen LogP contribution in [0.1, 0.15) is 187 Å². The van der Waals surface area contributed by atoms with E-state index in [4.69, 9.17) is 33.9 Å². The summed E-state index contributed by atoms with van der Waals surface area (Å²) in [4.78, 5) is 110. The highest BCUT2D eigenvalue weighted by Crippen LogP contribution is 2.30. The van der Waals surface area contributed by atoms with Gasteiger partial charge >= 0.3 is 42.2 Å². The lowest BCUT2D eigenvalue weighted by atomic mass is 9.85. The van der Waals surface area contributed by atoms with Crippen molar-refractivity contribution in [3.8, 4) is 0 Å². The van der Waals surface area contributed by atoms with Gasteiger partial charge in [0.1, 0.15) is 54.6 Å². The molecule has 3 saturated carbocycles. The van der Waals surface area contributed by atoms with Gasteiger partial charge in [-0.15, -0.1) is 12.4 Å². The number of alkyl carbamates (subject to hydrolysis) is 3. The zero-order valence-corrected chi connectivity index (χ0v) is 53.6. The van der Waals surface area contributed by atoms with E-state index < -0.39 is 113 Å². The fourth-order valence-corrected chi connectivity index (χ4v) is 9.95. The third kappa shape index (κ3) is 28.3. The van der Waals surface area contributed by atoms with E-state index in [9.17, 15) is 58.5 Å². The smallest absolute Gasteiger partial charge is 0.408 e. The molecular formula is C59H107ClN6O20. The lowest BCUT2D eigenvalue weighted by Gasteiger charge is -2.34. The zero-order chi connectivity index (χ0) is 64.1. The molecule has 0 bridgehead atoms. The van der Waals surface area contributed by atoms with Gasteiger partial charge in [-0.3, -0.25) is 14.4 Å². The lowest BCUT2D eigenvalue weighted by molar-refractivity contribution is -0.152. The number of esters is 2. The van der Waals surface area contributed by atoms with Gasteiger partial charge in [-0.25, -0.2) is 28.8 Å². The van der Waals surface area contributed by atoms with Gasteiger partial charge in [0.2, 0.25) is 11.8 Å². The number of carboxylic acid groups (broad SMARTS) is 2. The number of aliphatic hydroxyl groups is 3. The van der Waals surface area contributed by atoms with Gasteiger partial charge in [-0.1, -0.05) is 69.7 Å². The molecule has 6 rings (SSSR count). The summed E-state index contributed by atoms with van der Waals surface area (Å²) in [6.07, 6.45) is 7.62. The number of amides is 5. The van der Waals surface area contributed by atoms with Gasteiger partial charge in [0, 0.05) is 46.0 Å². The largest absolute Gasteiger partial charge is 0.480 e. The van der Waals surface area contributed by atoms with Gasteiger partial charge in [-0.05, 0) is 114 Å². The molecule has 0 aromatic rings. The second-order valence-electron chi connectivity index (χ2n) is 26.4. The molecular weight excluding hydrogens is 1150 g/mol. The van der Waals surface area contributed by atoms with E-state index in [1.165, 1.54) is 19.1 Å². The molecule has 26 nitrogen and oxygen atoms in total. The molecule has 27 heteroatoms. The van der Waals surface area contributed by atoms with E-state index in [1.54, 1.807) is 48.7 Å². The summed E-state index contributed by atoms with van der Waals surface area (Å²) in [5.41, 5.74) is -1.73. The third-order valence-corrected chi connectivity index (χ3v) is 14.9. The molecule has 0 unspecified atom stereocenters. The molecule has 9 atom stereocenters. The average Bonchev–Trinajstić information content (AvgIpc) is 2.52. The van der Waals surface area contributed by atoms with Crippen LogP contribution in [0.4, 0.5) is 14.4 Å². The number of methoxy groups -OCH3 is 3. The number of ether oxygens (including phenoxy) is 6. The lowest BCUT2D eigenvalue weighted by Crippen LogP contribution is -2.57. The van der Waals surface area contributed by atoms with Crippen molar-refractivity contribution < 1.29 is 97.1 Å². The number of aliphatic carboxylic acids is 2. The highest BCUT2D eigenvalue weighted by molar-refractivity contribution is 5.92. The molecule has 0 radical (unpaired) electrons. The second-order valence-corrected chi connectivity index (χ2v) is 26.4. The number of carboxylic acids is 2. The average molecular weight is 1260 g/mol. The Morgan fingerprint density at radius 2 is 0.802 bits per heavy atom. The number of rotatable bonds is 12. The third-order valence-electron chi connectivity index (χ3n) is 14.9. The van der Waals surface area contributed by atoms with Crippen molar-refractivity contribution in [2.45, 2.75) is 265 Å². The Kier molecular flexibility index (Phi) is 34.6. The number of nitrogens with zero attached hydrogens (tertiary/aromatic N) is 2. The fourth-order valence-electron chi connectivity index (χ4n) is 9.95. The number of halogens is 1. The van der Waals surface area contributed by atoms with Gasteiger partial charge in [0.05, 0.1) is 38.1 Å². The zero-order valence-electron chi connectivity index (χ0n) is 52.8. The summed E-state index contributed by atoms with van der Waals surface area (Å²) in [6, 6.07) is -4.99. The van der Waals surface area contributed by atoms with Crippen molar-refractivity contribution in [2.75, 3.05) is 41.0 Å². The molecule has 9 N–H and O–H groups in total. The van der Waals surface area contributed by atoms with Crippen LogP contribution in [0.25, 0.3) is 0 Å². The Balaban J connectivity index is 0.00000112. The first-order valence-electron chi connectivity index (χ1n) is 29.3. The maximum atomic E-state index is 13.1. The standard InChI is InChI=1S/C18H30N2O6.C17H28N2O6.C12H21NO4.C6H11NO3.C5H12O.CH4.ClH/c1-18(2,3)14(19-17(24)26-12-7-5-6-8-12)15(22)20-10-11(21)9-13(20)16(23)25-4;1-17(2,3)13(18-16(24)25-11-6-4-5-7-11)14(21)19-9-10(20)8-12(19)15(22)23;1-12(2,3)9(10(14)15)13-11(16)17-8-6-4-5-7-8;1-10-6(9)5-2-4(8)3-7-5;1-5(2,3)6-4;;/h11-14,21H,5-10H2,1-4H3,(H,19,24);10-13,20H,4-9H2,1-3H3,(H,18,24)(H,22,23);8-9H,4-7H2,1-3H3,(H,13,16)(H,14,15);4-5,7-8H,2-3H2,1H3;1-4H3;1H4;1H/t11-,13-,14+;10-,12-,13+;9-;4-,5-;;;/m0010.../s1. The topological polar surface area (TPSA) is 365 Å². The predicted octanol–water partition coefficient (Wildman–Crippen LogP) is 5.85. The van der Waals surface area contributed by atoms with E-state index in [1.807, 2.05) is 41.5 Å². The summed E-state index contributed by atoms with van der Waals surface area (Å²) in [5, 5.41) is 57.5. The Hall–Kier alpha value is -5.28. The molecule has 3 heterocycles. The van der Waals surface area contributed by atoms with Crippen LogP contribution in [0, 0.1) is 16.2 Å². The molecule has 3 saturated heterocycles. The molecule has 6 aliphatic rings. The van der Waals surface area contributed by atoms with Gasteiger partial charge in [-0.2, -0.15) is 0 Å². The highest BCUT2D eigenvalue weighted by Gasteiger charge is 2.47. The molecule has 0 aromatic carbocycles. The molecule has 3 aliphatic heterocycles. The SMILES string of the molecule is C.CC(C)(C)[C@H](NC(=O)OC1CCCC1)C(=O)N1C[C@@H](O)C[C@H]1C(=O)O.CC(C)(C)[C@H](NC(=O)OC1CCCC1)C(=O)O.COC(=O)[C@@H]1C[C@H](O)CN1.COC(=O)[C@@H]1C[C@H](O)CN1C(=O)[C@@H](NC(=O)OC1CCCC1)C(C)(C)C.COC(C)(C)C.Cl. The monoisotopic (exact) mass is 1250 g/mol. The fraction of sp³-hybridized carbons (Fsp3) is 0.847. The Labute approximate surface area is 515 Å². The minimum Gasteiger partial charge on any atom is -0.480 e. The van der Waals surface area contributed by atoms with Crippen molar-refractivity contribution in [1.82, 2.24) is 31.1 Å². The van der Waals surface area contributed by atoms with E-state index in [2.05, 4.69) is 26.0 Å². The Bertz CT molecular complexity index is 2150.